The molecule has 1 heterocycles. The molecule has 1 aliphatic heterocycles. The van der Waals surface area contributed by atoms with Crippen LogP contribution in [0.15, 0.2) is 36.4 Å². The molecule has 18 heavy (non-hydrogen) atoms. The van der Waals surface area contributed by atoms with Crippen molar-refractivity contribution in [1.29, 1.82) is 0 Å². The maximum absolute atomic E-state index is 3.56. The SMILES string of the molecule is C(=C\c1ccccc1)/CCNCC1CCNCC1. The first kappa shape index (κ1) is 13.3. The minimum Gasteiger partial charge on any atom is -0.317 e. The van der Waals surface area contributed by atoms with Crippen molar-refractivity contribution in [3.63, 3.8) is 0 Å². The van der Waals surface area contributed by atoms with Gasteiger partial charge in [-0.1, -0.05) is 42.5 Å². The molecule has 0 aromatic heterocycles. The second kappa shape index (κ2) is 8.06. The summed E-state index contributed by atoms with van der Waals surface area (Å²) in [7, 11) is 0. The van der Waals surface area contributed by atoms with Crippen molar-refractivity contribution < 1.29 is 0 Å². The topological polar surface area (TPSA) is 24.1 Å². The number of piperidine rings is 1. The van der Waals surface area contributed by atoms with Crippen molar-refractivity contribution in [2.24, 2.45) is 5.92 Å². The van der Waals surface area contributed by atoms with Crippen LogP contribution in [0.1, 0.15) is 24.8 Å². The summed E-state index contributed by atoms with van der Waals surface area (Å²) in [4.78, 5) is 0. The van der Waals surface area contributed by atoms with E-state index in [-0.39, 0.29) is 0 Å². The second-order valence-electron chi connectivity index (χ2n) is 5.00. The molecule has 0 unspecified atom stereocenters. The van der Waals surface area contributed by atoms with Crippen LogP contribution in [0.2, 0.25) is 0 Å². The molecule has 0 aliphatic carbocycles. The fourth-order valence-electron chi connectivity index (χ4n) is 2.36. The van der Waals surface area contributed by atoms with E-state index in [1.807, 2.05) is 0 Å². The number of benzene rings is 1. The van der Waals surface area contributed by atoms with Crippen LogP contribution in [0.25, 0.3) is 6.08 Å². The third-order valence-corrected chi connectivity index (χ3v) is 3.49. The van der Waals surface area contributed by atoms with Crippen molar-refractivity contribution in [2.75, 3.05) is 26.2 Å². The summed E-state index contributed by atoms with van der Waals surface area (Å²) in [6.07, 6.45) is 8.22. The van der Waals surface area contributed by atoms with Gasteiger partial charge in [-0.3, -0.25) is 0 Å². The van der Waals surface area contributed by atoms with Crippen molar-refractivity contribution >= 4 is 6.08 Å². The largest absolute Gasteiger partial charge is 0.317 e. The molecule has 1 fully saturated rings. The average Bonchev–Trinajstić information content (AvgIpc) is 2.45. The van der Waals surface area contributed by atoms with Crippen LogP contribution in [0.4, 0.5) is 0 Å². The molecule has 0 spiro atoms. The lowest BCUT2D eigenvalue weighted by molar-refractivity contribution is 0.358. The third kappa shape index (κ3) is 5.03. The fraction of sp³-hybridized carbons (Fsp3) is 0.500. The Labute approximate surface area is 110 Å². The predicted octanol–water partition coefficient (Wildman–Crippen LogP) is 2.68. The highest BCUT2D eigenvalue weighted by molar-refractivity contribution is 5.48. The van der Waals surface area contributed by atoms with E-state index in [9.17, 15) is 0 Å². The maximum Gasteiger partial charge on any atom is -0.00140 e. The highest BCUT2D eigenvalue weighted by Crippen LogP contribution is 2.09. The van der Waals surface area contributed by atoms with Crippen molar-refractivity contribution in [3.05, 3.63) is 42.0 Å². The first-order valence-corrected chi connectivity index (χ1v) is 7.08. The van der Waals surface area contributed by atoms with Crippen LogP contribution in [0.5, 0.6) is 0 Å². The lowest BCUT2D eigenvalue weighted by Crippen LogP contribution is -2.33. The van der Waals surface area contributed by atoms with E-state index in [4.69, 9.17) is 0 Å². The molecule has 2 N–H and O–H groups in total. The van der Waals surface area contributed by atoms with Gasteiger partial charge in [-0.05, 0) is 56.9 Å². The summed E-state index contributed by atoms with van der Waals surface area (Å²) in [5.74, 6) is 0.879. The summed E-state index contributed by atoms with van der Waals surface area (Å²) < 4.78 is 0. The molecule has 1 aromatic carbocycles. The molecule has 1 aliphatic rings. The smallest absolute Gasteiger partial charge is 0.00140 e. The lowest BCUT2D eigenvalue weighted by atomic mass is 9.98. The molecule has 2 nitrogen and oxygen atoms in total. The molecule has 0 amide bonds. The molecular formula is C16H24N2. The lowest BCUT2D eigenvalue weighted by Gasteiger charge is -2.22. The summed E-state index contributed by atoms with van der Waals surface area (Å²) in [6, 6.07) is 10.5. The van der Waals surface area contributed by atoms with Gasteiger partial charge in [0.2, 0.25) is 0 Å². The molecule has 1 aromatic rings. The van der Waals surface area contributed by atoms with Crippen LogP contribution in [-0.4, -0.2) is 26.2 Å². The Hall–Kier alpha value is -1.12. The Morgan fingerprint density at radius 2 is 1.94 bits per heavy atom. The van der Waals surface area contributed by atoms with E-state index < -0.39 is 0 Å². The minimum atomic E-state index is 0.879. The van der Waals surface area contributed by atoms with Gasteiger partial charge in [0.15, 0.2) is 0 Å². The summed E-state index contributed by atoms with van der Waals surface area (Å²) in [5.41, 5.74) is 1.29. The predicted molar refractivity (Wildman–Crippen MR) is 78.6 cm³/mol. The summed E-state index contributed by atoms with van der Waals surface area (Å²) >= 11 is 0. The van der Waals surface area contributed by atoms with Gasteiger partial charge in [0.05, 0.1) is 0 Å². The number of rotatable bonds is 6. The molecular weight excluding hydrogens is 220 g/mol. The monoisotopic (exact) mass is 244 g/mol. The van der Waals surface area contributed by atoms with Crippen LogP contribution in [-0.2, 0) is 0 Å². The van der Waals surface area contributed by atoms with E-state index in [1.165, 1.54) is 38.0 Å². The molecule has 0 saturated carbocycles. The normalized spacial score (nSPS) is 17.3. The van der Waals surface area contributed by atoms with Crippen LogP contribution in [0, 0.1) is 5.92 Å². The Morgan fingerprint density at radius 3 is 2.72 bits per heavy atom. The zero-order chi connectivity index (χ0) is 12.5. The molecule has 1 saturated heterocycles. The van der Waals surface area contributed by atoms with Gasteiger partial charge >= 0.3 is 0 Å². The maximum atomic E-state index is 3.56. The van der Waals surface area contributed by atoms with Crippen LogP contribution >= 0.6 is 0 Å². The van der Waals surface area contributed by atoms with Gasteiger partial charge < -0.3 is 10.6 Å². The Balaban J connectivity index is 1.54. The molecule has 0 bridgehead atoms. The molecule has 0 radical (unpaired) electrons. The summed E-state index contributed by atoms with van der Waals surface area (Å²) in [6.45, 7) is 4.66. The highest BCUT2D eigenvalue weighted by atomic mass is 14.9. The van der Waals surface area contributed by atoms with Crippen molar-refractivity contribution in [2.45, 2.75) is 19.3 Å². The molecule has 2 rings (SSSR count). The van der Waals surface area contributed by atoms with Crippen LogP contribution in [0.3, 0.4) is 0 Å². The first-order chi connectivity index (χ1) is 8.95. The number of hydrogen-bond acceptors (Lipinski definition) is 2. The highest BCUT2D eigenvalue weighted by Gasteiger charge is 2.11. The van der Waals surface area contributed by atoms with E-state index in [0.29, 0.717) is 0 Å². The molecule has 98 valence electrons. The number of nitrogens with one attached hydrogen (secondary N) is 2. The standard InChI is InChI=1S/C16H24N2/c1-2-6-15(7-3-1)8-4-5-11-18-14-16-9-12-17-13-10-16/h1-4,6-8,16-18H,5,9-14H2/b8-4+. The van der Waals surface area contributed by atoms with Gasteiger partial charge in [0, 0.05) is 0 Å². The van der Waals surface area contributed by atoms with Gasteiger partial charge in [0.1, 0.15) is 0 Å². The third-order valence-electron chi connectivity index (χ3n) is 3.49. The zero-order valence-corrected chi connectivity index (χ0v) is 11.1. The van der Waals surface area contributed by atoms with E-state index >= 15 is 0 Å². The van der Waals surface area contributed by atoms with Gasteiger partial charge in [-0.25, -0.2) is 0 Å². The zero-order valence-electron chi connectivity index (χ0n) is 11.1. The van der Waals surface area contributed by atoms with Gasteiger partial charge in [-0.2, -0.15) is 0 Å². The molecule has 2 heteroatoms. The van der Waals surface area contributed by atoms with Gasteiger partial charge in [-0.15, -0.1) is 0 Å². The Kier molecular flexibility index (Phi) is 5.97. The Morgan fingerprint density at radius 1 is 1.17 bits per heavy atom. The summed E-state index contributed by atoms with van der Waals surface area (Å²) in [5, 5.41) is 6.97. The van der Waals surface area contributed by atoms with E-state index in [0.717, 1.165) is 18.9 Å². The number of hydrogen-bond donors (Lipinski definition) is 2. The quantitative estimate of drug-likeness (QED) is 0.752. The van der Waals surface area contributed by atoms with E-state index in [1.54, 1.807) is 0 Å². The van der Waals surface area contributed by atoms with Gasteiger partial charge in [0.25, 0.3) is 0 Å². The Bertz CT molecular complexity index is 339. The molecule has 0 atom stereocenters. The minimum absolute atomic E-state index is 0.879. The fourth-order valence-corrected chi connectivity index (χ4v) is 2.36. The average molecular weight is 244 g/mol. The first-order valence-electron chi connectivity index (χ1n) is 7.08. The second-order valence-corrected chi connectivity index (χ2v) is 5.00. The van der Waals surface area contributed by atoms with Crippen molar-refractivity contribution in [3.8, 4) is 0 Å². The van der Waals surface area contributed by atoms with E-state index in [2.05, 4.69) is 53.1 Å². The van der Waals surface area contributed by atoms with Crippen molar-refractivity contribution in [1.82, 2.24) is 10.6 Å². The van der Waals surface area contributed by atoms with Crippen LogP contribution < -0.4 is 10.6 Å².